The van der Waals surface area contributed by atoms with Crippen molar-refractivity contribution in [2.75, 3.05) is 38.2 Å². The van der Waals surface area contributed by atoms with Crippen molar-refractivity contribution in [3.63, 3.8) is 0 Å². The highest BCUT2D eigenvalue weighted by atomic mass is 32.2. The second kappa shape index (κ2) is 15.4. The number of carbonyl (C=O) groups excluding carboxylic acids is 1. The molecule has 50 heavy (non-hydrogen) atoms. The Labute approximate surface area is 295 Å². The van der Waals surface area contributed by atoms with Crippen LogP contribution in [0.3, 0.4) is 0 Å². The van der Waals surface area contributed by atoms with Crippen molar-refractivity contribution in [1.29, 1.82) is 0 Å². The summed E-state index contributed by atoms with van der Waals surface area (Å²) in [6.45, 7) is 7.70. The van der Waals surface area contributed by atoms with Crippen LogP contribution in [0.4, 0.5) is 18.7 Å². The Kier molecular flexibility index (Phi) is 11.5. The van der Waals surface area contributed by atoms with Crippen LogP contribution >= 0.6 is 11.5 Å². The first-order valence-corrected chi connectivity index (χ1v) is 18.3. The minimum atomic E-state index is -4.55. The molecule has 2 heterocycles. The number of alkyl halides is 1. The van der Waals surface area contributed by atoms with Crippen LogP contribution in [-0.4, -0.2) is 80.6 Å². The van der Waals surface area contributed by atoms with E-state index in [0.717, 1.165) is 39.1 Å². The molecule has 15 heteroatoms. The number of piperidine rings is 1. The third kappa shape index (κ3) is 8.61. The molecular formula is C35H42F2N4O7S2. The number of amides is 1. The van der Waals surface area contributed by atoms with Crippen molar-refractivity contribution in [3.05, 3.63) is 88.4 Å². The summed E-state index contributed by atoms with van der Waals surface area (Å²) in [5.74, 6) is -0.602. The number of carbonyl (C=O) groups is 1. The van der Waals surface area contributed by atoms with Crippen molar-refractivity contribution in [2.24, 2.45) is 5.92 Å². The number of allylic oxidation sites excluding steroid dienone is 1. The van der Waals surface area contributed by atoms with Crippen molar-refractivity contribution >= 4 is 32.8 Å². The SMILES string of the molecule is COc1ccc(CN(c2ncns2)S(=O)(=O)C2=CC(F)C(OC[C@@H]3CN(C(=O)OC(C)(C)C)CCC3c3ccc(C)cc3)C(F)=C2)c(OC)c1. The lowest BCUT2D eigenvalue weighted by atomic mass is 9.80. The maximum Gasteiger partial charge on any atom is 0.410 e. The summed E-state index contributed by atoms with van der Waals surface area (Å²) in [6, 6.07) is 12.9. The second-order valence-electron chi connectivity index (χ2n) is 13.2. The molecule has 0 saturated carbocycles. The molecule has 11 nitrogen and oxygen atoms in total. The van der Waals surface area contributed by atoms with E-state index in [1.165, 1.54) is 20.5 Å². The Hall–Kier alpha value is -4.08. The lowest BCUT2D eigenvalue weighted by Gasteiger charge is -2.40. The number of nitrogens with zero attached hydrogens (tertiary/aromatic N) is 4. The van der Waals surface area contributed by atoms with Gasteiger partial charge in [0.2, 0.25) is 5.13 Å². The molecule has 1 aliphatic heterocycles. The maximum absolute atomic E-state index is 15.8. The van der Waals surface area contributed by atoms with Gasteiger partial charge in [-0.2, -0.15) is 4.37 Å². The third-order valence-electron chi connectivity index (χ3n) is 8.50. The molecule has 270 valence electrons. The molecule has 0 N–H and O–H groups in total. The van der Waals surface area contributed by atoms with Crippen LogP contribution in [-0.2, 0) is 26.0 Å². The fourth-order valence-electron chi connectivity index (χ4n) is 5.96. The van der Waals surface area contributed by atoms with Gasteiger partial charge in [-0.05, 0) is 69.9 Å². The first kappa shape index (κ1) is 37.2. The number of aromatic nitrogens is 2. The predicted molar refractivity (Wildman–Crippen MR) is 186 cm³/mol. The monoisotopic (exact) mass is 732 g/mol. The van der Waals surface area contributed by atoms with Gasteiger partial charge in [0.15, 0.2) is 6.17 Å². The quantitative estimate of drug-likeness (QED) is 0.212. The van der Waals surface area contributed by atoms with Gasteiger partial charge in [-0.25, -0.2) is 31.3 Å². The fraction of sp³-hybridized carbons (Fsp3) is 0.457. The molecule has 0 spiro atoms. The van der Waals surface area contributed by atoms with Crippen molar-refractivity contribution in [2.45, 2.75) is 64.5 Å². The van der Waals surface area contributed by atoms with E-state index < -0.39 is 44.7 Å². The van der Waals surface area contributed by atoms with E-state index in [-0.39, 0.29) is 36.7 Å². The Bertz CT molecular complexity index is 1810. The zero-order chi connectivity index (χ0) is 36.2. The summed E-state index contributed by atoms with van der Waals surface area (Å²) in [6.07, 6.45) is -0.862. The number of methoxy groups -OCH3 is 2. The smallest absolute Gasteiger partial charge is 0.410 e. The average molecular weight is 733 g/mol. The minimum absolute atomic E-state index is 0.000323. The standard InChI is InChI=1S/C35H42F2N4O7S2/c1-22-7-9-23(10-8-22)28-13-14-40(34(42)48-35(2,3)4)18-25(28)20-47-32-29(36)16-27(17-30(32)37)50(43,44)41(33-38-21-39-49-33)19-24-11-12-26(45-5)15-31(24)46-6/h7-12,15-17,21,25,28-29,32H,13-14,18-20H2,1-6H3/t25-,28?,29?,32?/m0/s1. The molecule has 1 aliphatic carbocycles. The van der Waals surface area contributed by atoms with Crippen LogP contribution in [0.2, 0.25) is 0 Å². The summed E-state index contributed by atoms with van der Waals surface area (Å²) in [4.78, 5) is 18.0. The molecule has 2 aromatic carbocycles. The van der Waals surface area contributed by atoms with E-state index in [0.29, 0.717) is 30.0 Å². The largest absolute Gasteiger partial charge is 0.497 e. The second-order valence-corrected chi connectivity index (χ2v) is 15.8. The van der Waals surface area contributed by atoms with E-state index in [9.17, 15) is 13.2 Å². The molecule has 0 bridgehead atoms. The highest BCUT2D eigenvalue weighted by Gasteiger charge is 2.39. The molecule has 4 atom stereocenters. The number of halogens is 2. The van der Waals surface area contributed by atoms with E-state index >= 15 is 8.78 Å². The number of sulfonamides is 1. The highest BCUT2D eigenvalue weighted by Crippen LogP contribution is 2.37. The molecule has 3 aromatic rings. The lowest BCUT2D eigenvalue weighted by Crippen LogP contribution is -2.47. The topological polar surface area (TPSA) is 120 Å². The molecule has 1 amide bonds. The van der Waals surface area contributed by atoms with E-state index in [1.54, 1.807) is 43.9 Å². The number of anilines is 1. The van der Waals surface area contributed by atoms with E-state index in [1.807, 2.05) is 31.2 Å². The number of likely N-dealkylation sites (tertiary alicyclic amines) is 1. The zero-order valence-electron chi connectivity index (χ0n) is 28.8. The first-order valence-electron chi connectivity index (χ1n) is 16.1. The van der Waals surface area contributed by atoms with Crippen LogP contribution < -0.4 is 13.8 Å². The Morgan fingerprint density at radius 2 is 1.86 bits per heavy atom. The van der Waals surface area contributed by atoms with Crippen LogP contribution in [0.5, 0.6) is 11.5 Å². The Morgan fingerprint density at radius 3 is 2.48 bits per heavy atom. The molecule has 1 saturated heterocycles. The van der Waals surface area contributed by atoms with Gasteiger partial charge in [0, 0.05) is 42.2 Å². The summed E-state index contributed by atoms with van der Waals surface area (Å²) >= 11 is 0.815. The van der Waals surface area contributed by atoms with Gasteiger partial charge >= 0.3 is 6.09 Å². The van der Waals surface area contributed by atoms with Gasteiger partial charge in [-0.3, -0.25) is 0 Å². The minimum Gasteiger partial charge on any atom is -0.497 e. The maximum atomic E-state index is 15.8. The normalized spacial score (nSPS) is 21.2. The van der Waals surface area contributed by atoms with Gasteiger partial charge in [0.1, 0.15) is 35.4 Å². The van der Waals surface area contributed by atoms with Gasteiger partial charge in [-0.1, -0.05) is 29.8 Å². The van der Waals surface area contributed by atoms with Crippen molar-refractivity contribution in [3.8, 4) is 11.5 Å². The lowest BCUT2D eigenvalue weighted by molar-refractivity contribution is -0.0242. The van der Waals surface area contributed by atoms with Crippen LogP contribution in [0.1, 0.15) is 49.8 Å². The predicted octanol–water partition coefficient (Wildman–Crippen LogP) is 6.72. The molecule has 1 aromatic heterocycles. The van der Waals surface area contributed by atoms with Gasteiger partial charge < -0.3 is 23.8 Å². The Balaban J connectivity index is 1.36. The summed E-state index contributed by atoms with van der Waals surface area (Å²) < 4.78 is 86.6. The van der Waals surface area contributed by atoms with Crippen LogP contribution in [0.15, 0.2) is 71.7 Å². The Morgan fingerprint density at radius 1 is 1.12 bits per heavy atom. The molecule has 2 aliphatic rings. The highest BCUT2D eigenvalue weighted by molar-refractivity contribution is 7.96. The number of hydrogen-bond acceptors (Lipinski definition) is 10. The van der Waals surface area contributed by atoms with E-state index in [4.69, 9.17) is 18.9 Å². The molecule has 5 rings (SSSR count). The first-order chi connectivity index (χ1) is 23.7. The van der Waals surface area contributed by atoms with Gasteiger partial charge in [0.25, 0.3) is 10.0 Å². The molecule has 3 unspecified atom stereocenters. The molecular weight excluding hydrogens is 691 g/mol. The number of hydrogen-bond donors (Lipinski definition) is 0. The van der Waals surface area contributed by atoms with Gasteiger partial charge in [0.05, 0.1) is 32.3 Å². The number of ether oxygens (including phenoxy) is 4. The van der Waals surface area contributed by atoms with Crippen LogP contribution in [0, 0.1) is 12.8 Å². The number of rotatable bonds is 11. The average Bonchev–Trinajstić information content (AvgIpc) is 3.61. The van der Waals surface area contributed by atoms with E-state index in [2.05, 4.69) is 9.36 Å². The zero-order valence-corrected chi connectivity index (χ0v) is 30.5. The van der Waals surface area contributed by atoms with Crippen molar-refractivity contribution in [1.82, 2.24) is 14.3 Å². The summed E-state index contributed by atoms with van der Waals surface area (Å²) in [5, 5.41) is 0.000323. The number of benzene rings is 2. The number of aryl methyl sites for hydroxylation is 1. The summed E-state index contributed by atoms with van der Waals surface area (Å²) in [5.41, 5.74) is 1.89. The third-order valence-corrected chi connectivity index (χ3v) is 11.0. The van der Waals surface area contributed by atoms with Crippen molar-refractivity contribution < 1.29 is 40.9 Å². The van der Waals surface area contributed by atoms with Crippen LogP contribution in [0.25, 0.3) is 0 Å². The molecule has 1 fully saturated rings. The fourth-order valence-corrected chi connectivity index (χ4v) is 8.18. The summed E-state index contributed by atoms with van der Waals surface area (Å²) in [7, 11) is -1.62. The van der Waals surface area contributed by atoms with Gasteiger partial charge in [-0.15, -0.1) is 0 Å². The molecule has 0 radical (unpaired) electrons.